The smallest absolute Gasteiger partial charge is 0.303 e. The summed E-state index contributed by atoms with van der Waals surface area (Å²) >= 11 is 0. The van der Waals surface area contributed by atoms with Crippen LogP contribution in [-0.2, 0) is 19.1 Å². The van der Waals surface area contributed by atoms with Crippen molar-refractivity contribution < 1.29 is 24.2 Å². The van der Waals surface area contributed by atoms with Crippen LogP contribution < -0.4 is 0 Å². The number of ketones is 1. The summed E-state index contributed by atoms with van der Waals surface area (Å²) in [5.74, 6) is -0.313. The molecule has 0 aromatic carbocycles. The minimum Gasteiger partial charge on any atom is -0.481 e. The average molecular weight is 376 g/mol. The molecule has 0 bridgehead atoms. The predicted octanol–water partition coefficient (Wildman–Crippen LogP) is 4.10. The topological polar surface area (TPSA) is 72.8 Å². The van der Waals surface area contributed by atoms with Gasteiger partial charge in [0, 0.05) is 18.3 Å². The number of Topliss-reactive ketones (excluding diaryl/α,β-unsaturated/α-hetero) is 1. The molecule has 5 nitrogen and oxygen atoms in total. The van der Waals surface area contributed by atoms with E-state index in [0.717, 1.165) is 25.7 Å². The molecule has 27 heavy (non-hydrogen) atoms. The van der Waals surface area contributed by atoms with Gasteiger partial charge in [0.15, 0.2) is 5.79 Å². The molecule has 0 amide bonds. The lowest BCUT2D eigenvalue weighted by atomic mass is 9.49. The summed E-state index contributed by atoms with van der Waals surface area (Å²) < 4.78 is 12.4. The predicted molar refractivity (Wildman–Crippen MR) is 100 cm³/mol. The van der Waals surface area contributed by atoms with E-state index in [1.54, 1.807) is 0 Å². The zero-order chi connectivity index (χ0) is 19.6. The summed E-state index contributed by atoms with van der Waals surface area (Å²) in [6, 6.07) is 0. The Balaban J connectivity index is 1.63. The molecule has 1 saturated heterocycles. The molecule has 1 aliphatic heterocycles. The van der Waals surface area contributed by atoms with Crippen molar-refractivity contribution in [3.8, 4) is 0 Å². The molecule has 2 saturated carbocycles. The number of carbonyl (C=O) groups is 2. The number of rotatable bonds is 3. The summed E-state index contributed by atoms with van der Waals surface area (Å²) in [5.41, 5.74) is 0.748. The fraction of sp³-hybridized carbons (Fsp3) is 0.818. The molecule has 3 fully saturated rings. The van der Waals surface area contributed by atoms with Gasteiger partial charge in [0.25, 0.3) is 0 Å². The van der Waals surface area contributed by atoms with Crippen LogP contribution in [0.3, 0.4) is 0 Å². The van der Waals surface area contributed by atoms with Gasteiger partial charge in [-0.1, -0.05) is 18.6 Å². The Morgan fingerprint density at radius 2 is 1.93 bits per heavy atom. The van der Waals surface area contributed by atoms with E-state index >= 15 is 0 Å². The van der Waals surface area contributed by atoms with Gasteiger partial charge in [0.2, 0.25) is 0 Å². The zero-order valence-corrected chi connectivity index (χ0v) is 16.9. The van der Waals surface area contributed by atoms with Gasteiger partial charge in [0.05, 0.1) is 12.2 Å². The van der Waals surface area contributed by atoms with Gasteiger partial charge in [0.1, 0.15) is 5.78 Å². The number of fused-ring (bicyclic) bond motifs is 4. The highest BCUT2D eigenvalue weighted by Gasteiger charge is 2.58. The molecular formula is C22H32O5. The van der Waals surface area contributed by atoms with E-state index in [-0.39, 0.29) is 29.8 Å². The quantitative estimate of drug-likeness (QED) is 0.751. The Morgan fingerprint density at radius 3 is 2.63 bits per heavy atom. The maximum absolute atomic E-state index is 12.8. The molecule has 1 N–H and O–H groups in total. The van der Waals surface area contributed by atoms with Crippen LogP contribution in [0.25, 0.3) is 0 Å². The third-order valence-corrected chi connectivity index (χ3v) is 7.78. The van der Waals surface area contributed by atoms with Gasteiger partial charge < -0.3 is 14.6 Å². The Morgan fingerprint density at radius 1 is 1.22 bits per heavy atom. The number of hydrogen-bond acceptors (Lipinski definition) is 4. The summed E-state index contributed by atoms with van der Waals surface area (Å²) in [6.07, 6.45) is 7.35. The molecule has 0 unspecified atom stereocenters. The first-order chi connectivity index (χ1) is 12.5. The second-order valence-electron chi connectivity index (χ2n) is 10.1. The lowest BCUT2D eigenvalue weighted by Gasteiger charge is -2.55. The maximum atomic E-state index is 12.8. The zero-order valence-electron chi connectivity index (χ0n) is 16.9. The molecule has 0 radical (unpaired) electrons. The number of carboxylic acids is 1. The van der Waals surface area contributed by atoms with Crippen LogP contribution in [0.4, 0.5) is 0 Å². The molecule has 5 heteroatoms. The SMILES string of the molecule is CC1(C)O[C@@H]2C[C@@H]3[C@@H]4CCC(=O)[C@](C)(CCC(=O)O)C4=CC[C@@]3(C)C[C@H]2O1. The largest absolute Gasteiger partial charge is 0.481 e. The number of allylic oxidation sites excluding steroid dienone is 2. The van der Waals surface area contributed by atoms with Crippen LogP contribution in [-0.4, -0.2) is 34.9 Å². The molecule has 6 atom stereocenters. The lowest BCUT2D eigenvalue weighted by Crippen LogP contribution is -2.52. The van der Waals surface area contributed by atoms with Crippen LogP contribution in [0, 0.1) is 22.7 Å². The molecule has 3 aliphatic carbocycles. The van der Waals surface area contributed by atoms with Crippen molar-refractivity contribution in [2.24, 2.45) is 22.7 Å². The van der Waals surface area contributed by atoms with Gasteiger partial charge in [-0.2, -0.15) is 0 Å². The monoisotopic (exact) mass is 376 g/mol. The van der Waals surface area contributed by atoms with Crippen molar-refractivity contribution in [1.29, 1.82) is 0 Å². The van der Waals surface area contributed by atoms with E-state index in [0.29, 0.717) is 24.7 Å². The highest BCUT2D eigenvalue weighted by molar-refractivity contribution is 5.89. The van der Waals surface area contributed by atoms with Gasteiger partial charge in [-0.05, 0) is 70.1 Å². The van der Waals surface area contributed by atoms with E-state index in [4.69, 9.17) is 14.6 Å². The highest BCUT2D eigenvalue weighted by Crippen LogP contribution is 2.61. The van der Waals surface area contributed by atoms with Crippen molar-refractivity contribution in [2.45, 2.75) is 90.6 Å². The molecule has 0 aromatic heterocycles. The van der Waals surface area contributed by atoms with E-state index < -0.39 is 17.2 Å². The average Bonchev–Trinajstić information content (AvgIpc) is 2.86. The van der Waals surface area contributed by atoms with Crippen LogP contribution >= 0.6 is 0 Å². The van der Waals surface area contributed by atoms with Crippen molar-refractivity contribution in [3.05, 3.63) is 11.6 Å². The maximum Gasteiger partial charge on any atom is 0.303 e. The molecule has 0 spiro atoms. The van der Waals surface area contributed by atoms with E-state index in [1.807, 2.05) is 20.8 Å². The van der Waals surface area contributed by atoms with Crippen LogP contribution in [0.1, 0.15) is 72.6 Å². The van der Waals surface area contributed by atoms with E-state index in [9.17, 15) is 9.59 Å². The van der Waals surface area contributed by atoms with Gasteiger partial charge in [-0.15, -0.1) is 0 Å². The van der Waals surface area contributed by atoms with Crippen molar-refractivity contribution in [1.82, 2.24) is 0 Å². The number of hydrogen-bond donors (Lipinski definition) is 1. The minimum atomic E-state index is -0.827. The van der Waals surface area contributed by atoms with Crippen molar-refractivity contribution in [2.75, 3.05) is 0 Å². The van der Waals surface area contributed by atoms with Crippen LogP contribution in [0.5, 0.6) is 0 Å². The van der Waals surface area contributed by atoms with Gasteiger partial charge in [-0.25, -0.2) is 0 Å². The first kappa shape index (κ1) is 19.1. The number of ether oxygens (including phenoxy) is 2. The Kier molecular flexibility index (Phi) is 4.36. The third-order valence-electron chi connectivity index (χ3n) is 7.78. The molecule has 4 rings (SSSR count). The van der Waals surface area contributed by atoms with E-state index in [1.165, 1.54) is 5.57 Å². The number of carbonyl (C=O) groups excluding carboxylic acids is 1. The highest BCUT2D eigenvalue weighted by atomic mass is 16.7. The second kappa shape index (κ2) is 6.15. The van der Waals surface area contributed by atoms with Gasteiger partial charge in [-0.3, -0.25) is 9.59 Å². The van der Waals surface area contributed by atoms with Crippen LogP contribution in [0.2, 0.25) is 0 Å². The fourth-order valence-electron chi connectivity index (χ4n) is 6.38. The Hall–Kier alpha value is -1.20. The number of carboxylic acid groups (broad SMARTS) is 1. The number of aliphatic carboxylic acids is 1. The summed E-state index contributed by atoms with van der Waals surface area (Å²) in [6.45, 7) is 8.32. The second-order valence-corrected chi connectivity index (χ2v) is 10.1. The third kappa shape index (κ3) is 3.07. The summed E-state index contributed by atoms with van der Waals surface area (Å²) in [7, 11) is 0. The Labute approximate surface area is 161 Å². The molecule has 0 aromatic rings. The van der Waals surface area contributed by atoms with Crippen LogP contribution in [0.15, 0.2) is 11.6 Å². The molecule has 1 heterocycles. The van der Waals surface area contributed by atoms with E-state index in [2.05, 4.69) is 13.0 Å². The minimum absolute atomic E-state index is 0.0457. The normalized spacial score (nSPS) is 45.5. The molecule has 150 valence electrons. The molecular weight excluding hydrogens is 344 g/mol. The summed E-state index contributed by atoms with van der Waals surface area (Å²) in [5, 5.41) is 9.16. The summed E-state index contributed by atoms with van der Waals surface area (Å²) in [4.78, 5) is 24.0. The standard InChI is InChI=1S/C22H32O5/c1-20(2)26-16-11-15-13-5-6-18(23)22(4,10-8-19(24)25)14(13)7-9-21(15,3)12-17(16)27-20/h7,13,15-17H,5-6,8-12H2,1-4H3,(H,24,25)/t13-,15-,16-,17-,21+,22-/m1/s1. The first-order valence-corrected chi connectivity index (χ1v) is 10.4. The molecule has 4 aliphatic rings. The lowest BCUT2D eigenvalue weighted by molar-refractivity contribution is -0.146. The van der Waals surface area contributed by atoms with Crippen molar-refractivity contribution >= 4 is 11.8 Å². The van der Waals surface area contributed by atoms with Crippen molar-refractivity contribution in [3.63, 3.8) is 0 Å². The van der Waals surface area contributed by atoms with Gasteiger partial charge >= 0.3 is 5.97 Å². The first-order valence-electron chi connectivity index (χ1n) is 10.4. The fourth-order valence-corrected chi connectivity index (χ4v) is 6.38. The Bertz CT molecular complexity index is 695.